The molecule has 1 unspecified atom stereocenters. The standard InChI is InChI=1S/C12H15N5O3S/c1-2-3-8(12(19)20)6-13-11(18)10-9(4-5-21-10)17-7-14-15-16-17/h4-5,7-8H,2-3,6H2,1H3,(H,13,18)(H,19,20). The lowest BCUT2D eigenvalue weighted by molar-refractivity contribution is -0.141. The lowest BCUT2D eigenvalue weighted by atomic mass is 10.0. The summed E-state index contributed by atoms with van der Waals surface area (Å²) >= 11 is 1.25. The van der Waals surface area contributed by atoms with Gasteiger partial charge in [0.2, 0.25) is 0 Å². The molecule has 2 aromatic heterocycles. The molecule has 2 heterocycles. The summed E-state index contributed by atoms with van der Waals surface area (Å²) < 4.78 is 1.39. The molecule has 0 aliphatic carbocycles. The van der Waals surface area contributed by atoms with Crippen LogP contribution < -0.4 is 5.32 Å². The molecule has 1 atom stereocenters. The van der Waals surface area contributed by atoms with Crippen LogP contribution >= 0.6 is 11.3 Å². The Kier molecular flexibility index (Phi) is 4.99. The Morgan fingerprint density at radius 2 is 2.33 bits per heavy atom. The molecule has 0 spiro atoms. The summed E-state index contributed by atoms with van der Waals surface area (Å²) in [7, 11) is 0. The summed E-state index contributed by atoms with van der Waals surface area (Å²) in [4.78, 5) is 23.7. The Labute approximate surface area is 124 Å². The second-order valence-corrected chi connectivity index (χ2v) is 5.34. The molecule has 1 amide bonds. The van der Waals surface area contributed by atoms with Crippen LogP contribution in [0, 0.1) is 5.92 Å². The van der Waals surface area contributed by atoms with Gasteiger partial charge < -0.3 is 10.4 Å². The lowest BCUT2D eigenvalue weighted by Gasteiger charge is -2.12. The van der Waals surface area contributed by atoms with Crippen LogP contribution in [0.5, 0.6) is 0 Å². The van der Waals surface area contributed by atoms with Gasteiger partial charge in [-0.25, -0.2) is 0 Å². The van der Waals surface area contributed by atoms with Gasteiger partial charge in [-0.05, 0) is 28.3 Å². The van der Waals surface area contributed by atoms with Crippen LogP contribution in [0.2, 0.25) is 0 Å². The van der Waals surface area contributed by atoms with Crippen molar-refractivity contribution in [3.05, 3.63) is 22.7 Å². The number of carboxylic acids is 1. The van der Waals surface area contributed by atoms with Gasteiger partial charge in [0.15, 0.2) is 0 Å². The van der Waals surface area contributed by atoms with E-state index in [2.05, 4.69) is 20.8 Å². The average molecular weight is 309 g/mol. The van der Waals surface area contributed by atoms with Crippen molar-refractivity contribution < 1.29 is 14.7 Å². The molecule has 2 rings (SSSR count). The lowest BCUT2D eigenvalue weighted by Crippen LogP contribution is -2.33. The third kappa shape index (κ3) is 3.63. The first-order valence-electron chi connectivity index (χ1n) is 6.45. The van der Waals surface area contributed by atoms with E-state index in [4.69, 9.17) is 5.11 Å². The number of nitrogens with one attached hydrogen (secondary N) is 1. The second-order valence-electron chi connectivity index (χ2n) is 4.42. The molecule has 0 bridgehead atoms. The van der Waals surface area contributed by atoms with Crippen molar-refractivity contribution >= 4 is 23.2 Å². The predicted octanol–water partition coefficient (Wildman–Crippen LogP) is 0.954. The van der Waals surface area contributed by atoms with Crippen LogP contribution in [0.25, 0.3) is 5.69 Å². The van der Waals surface area contributed by atoms with Crippen LogP contribution in [0.4, 0.5) is 0 Å². The third-order valence-corrected chi connectivity index (χ3v) is 3.84. The molecule has 21 heavy (non-hydrogen) atoms. The summed E-state index contributed by atoms with van der Waals surface area (Å²) in [5.74, 6) is -1.79. The summed E-state index contributed by atoms with van der Waals surface area (Å²) in [6.07, 6.45) is 2.68. The number of aromatic nitrogens is 4. The Morgan fingerprint density at radius 1 is 1.52 bits per heavy atom. The summed E-state index contributed by atoms with van der Waals surface area (Å²) in [5.41, 5.74) is 0.574. The first kappa shape index (κ1) is 15.1. The molecular weight excluding hydrogens is 294 g/mol. The quantitative estimate of drug-likeness (QED) is 0.788. The van der Waals surface area contributed by atoms with Crippen LogP contribution in [-0.4, -0.2) is 43.7 Å². The summed E-state index contributed by atoms with van der Waals surface area (Å²) in [5, 5.41) is 24.3. The number of aliphatic carboxylic acids is 1. The number of carbonyl (C=O) groups excluding carboxylic acids is 1. The number of tetrazole rings is 1. The Balaban J connectivity index is 2.04. The Hall–Kier alpha value is -2.29. The average Bonchev–Trinajstić information content (AvgIpc) is 3.11. The minimum atomic E-state index is -0.899. The number of rotatable bonds is 7. The van der Waals surface area contributed by atoms with Gasteiger partial charge >= 0.3 is 5.97 Å². The first-order valence-corrected chi connectivity index (χ1v) is 7.33. The van der Waals surface area contributed by atoms with Gasteiger partial charge in [-0.2, -0.15) is 4.68 Å². The zero-order chi connectivity index (χ0) is 15.2. The van der Waals surface area contributed by atoms with E-state index in [1.165, 1.54) is 22.3 Å². The van der Waals surface area contributed by atoms with E-state index in [0.29, 0.717) is 17.0 Å². The summed E-state index contributed by atoms with van der Waals surface area (Å²) in [6.45, 7) is 2.02. The molecule has 9 heteroatoms. The predicted molar refractivity (Wildman–Crippen MR) is 75.4 cm³/mol. The topological polar surface area (TPSA) is 110 Å². The molecule has 0 radical (unpaired) electrons. The van der Waals surface area contributed by atoms with Gasteiger partial charge in [-0.1, -0.05) is 13.3 Å². The zero-order valence-electron chi connectivity index (χ0n) is 11.4. The van der Waals surface area contributed by atoms with E-state index in [-0.39, 0.29) is 12.5 Å². The van der Waals surface area contributed by atoms with Gasteiger partial charge in [-0.15, -0.1) is 16.4 Å². The van der Waals surface area contributed by atoms with E-state index in [0.717, 1.165) is 6.42 Å². The highest BCUT2D eigenvalue weighted by Crippen LogP contribution is 2.20. The van der Waals surface area contributed by atoms with Crippen molar-refractivity contribution in [1.82, 2.24) is 25.5 Å². The highest BCUT2D eigenvalue weighted by Gasteiger charge is 2.20. The molecule has 2 aromatic rings. The van der Waals surface area contributed by atoms with Crippen LogP contribution in [0.3, 0.4) is 0 Å². The molecule has 8 nitrogen and oxygen atoms in total. The number of amides is 1. The number of thiophene rings is 1. The molecule has 0 aliphatic rings. The maximum Gasteiger partial charge on any atom is 0.308 e. The smallest absolute Gasteiger partial charge is 0.308 e. The highest BCUT2D eigenvalue weighted by molar-refractivity contribution is 7.12. The largest absolute Gasteiger partial charge is 0.481 e. The van der Waals surface area contributed by atoms with E-state index < -0.39 is 11.9 Å². The van der Waals surface area contributed by atoms with Gasteiger partial charge in [0.25, 0.3) is 5.91 Å². The number of nitrogens with zero attached hydrogens (tertiary/aromatic N) is 4. The van der Waals surface area contributed by atoms with E-state index in [1.54, 1.807) is 11.4 Å². The molecule has 0 aromatic carbocycles. The van der Waals surface area contributed by atoms with Crippen molar-refractivity contribution in [3.8, 4) is 5.69 Å². The van der Waals surface area contributed by atoms with E-state index in [1.807, 2.05) is 6.92 Å². The van der Waals surface area contributed by atoms with Crippen molar-refractivity contribution in [2.45, 2.75) is 19.8 Å². The molecule has 0 saturated heterocycles. The maximum absolute atomic E-state index is 12.2. The second kappa shape index (κ2) is 6.93. The maximum atomic E-state index is 12.2. The number of carbonyl (C=O) groups is 2. The highest BCUT2D eigenvalue weighted by atomic mass is 32.1. The van der Waals surface area contributed by atoms with Gasteiger partial charge in [-0.3, -0.25) is 9.59 Å². The van der Waals surface area contributed by atoms with E-state index >= 15 is 0 Å². The molecule has 2 N–H and O–H groups in total. The fraction of sp³-hybridized carbons (Fsp3) is 0.417. The van der Waals surface area contributed by atoms with Gasteiger partial charge in [0, 0.05) is 6.54 Å². The van der Waals surface area contributed by atoms with Crippen molar-refractivity contribution in [2.24, 2.45) is 5.92 Å². The van der Waals surface area contributed by atoms with Crippen molar-refractivity contribution in [2.75, 3.05) is 6.54 Å². The fourth-order valence-corrected chi connectivity index (χ4v) is 2.68. The number of carboxylic acid groups (broad SMARTS) is 1. The van der Waals surface area contributed by atoms with Crippen LogP contribution in [0.15, 0.2) is 17.8 Å². The summed E-state index contributed by atoms with van der Waals surface area (Å²) in [6, 6.07) is 1.73. The van der Waals surface area contributed by atoms with E-state index in [9.17, 15) is 9.59 Å². The molecule has 0 saturated carbocycles. The van der Waals surface area contributed by atoms with Crippen LogP contribution in [0.1, 0.15) is 29.4 Å². The zero-order valence-corrected chi connectivity index (χ0v) is 12.2. The molecule has 0 fully saturated rings. The van der Waals surface area contributed by atoms with Crippen molar-refractivity contribution in [3.63, 3.8) is 0 Å². The first-order chi connectivity index (χ1) is 10.1. The minimum Gasteiger partial charge on any atom is -0.481 e. The Morgan fingerprint density at radius 3 is 2.95 bits per heavy atom. The van der Waals surface area contributed by atoms with Gasteiger partial charge in [0.05, 0.1) is 11.6 Å². The fourth-order valence-electron chi connectivity index (χ4n) is 1.88. The molecule has 112 valence electrons. The molecule has 0 aliphatic heterocycles. The van der Waals surface area contributed by atoms with Crippen molar-refractivity contribution in [1.29, 1.82) is 0 Å². The van der Waals surface area contributed by atoms with Gasteiger partial charge in [0.1, 0.15) is 11.2 Å². The number of hydrogen-bond acceptors (Lipinski definition) is 6. The monoisotopic (exact) mass is 309 g/mol. The minimum absolute atomic E-state index is 0.106. The normalized spacial score (nSPS) is 12.0. The van der Waals surface area contributed by atoms with Crippen LogP contribution in [-0.2, 0) is 4.79 Å². The number of hydrogen-bond donors (Lipinski definition) is 2. The Bertz CT molecular complexity index is 610. The molecular formula is C12H15N5O3S. The third-order valence-electron chi connectivity index (χ3n) is 2.94. The SMILES string of the molecule is CCCC(CNC(=O)c1sccc1-n1cnnn1)C(=O)O.